The molecule has 0 bridgehead atoms. The molecule has 1 unspecified atom stereocenters. The highest BCUT2D eigenvalue weighted by molar-refractivity contribution is 5.72. The molecule has 0 saturated carbocycles. The third-order valence-electron chi connectivity index (χ3n) is 2.99. The maximum Gasteiger partial charge on any atom is 0.173 e. The van der Waals surface area contributed by atoms with Gasteiger partial charge < -0.3 is 9.84 Å². The van der Waals surface area contributed by atoms with Gasteiger partial charge in [-0.1, -0.05) is 30.3 Å². The smallest absolute Gasteiger partial charge is 0.173 e. The minimum absolute atomic E-state index is 0.0739. The first-order chi connectivity index (χ1) is 9.11. The largest absolute Gasteiger partial charge is 0.497 e. The van der Waals surface area contributed by atoms with E-state index in [1.54, 1.807) is 18.2 Å². The standard InChI is InChI=1S/C15H13FO3/c1-19-12-8-6-11(7-9-12)15(18,10-17)13-4-2-3-5-14(13)16/h2-10,18H,1H3. The highest BCUT2D eigenvalue weighted by atomic mass is 19.1. The lowest BCUT2D eigenvalue weighted by molar-refractivity contribution is -0.121. The van der Waals surface area contributed by atoms with Crippen LogP contribution in [0.3, 0.4) is 0 Å². The molecule has 0 saturated heterocycles. The van der Waals surface area contributed by atoms with Crippen LogP contribution in [-0.4, -0.2) is 18.5 Å². The van der Waals surface area contributed by atoms with Crippen molar-refractivity contribution >= 4 is 6.29 Å². The number of halogens is 1. The Hall–Kier alpha value is -2.20. The first-order valence-electron chi connectivity index (χ1n) is 5.70. The lowest BCUT2D eigenvalue weighted by Crippen LogP contribution is -2.30. The van der Waals surface area contributed by atoms with E-state index in [9.17, 15) is 14.3 Å². The molecule has 4 heteroatoms. The summed E-state index contributed by atoms with van der Waals surface area (Å²) < 4.78 is 18.8. The Morgan fingerprint density at radius 3 is 2.32 bits per heavy atom. The van der Waals surface area contributed by atoms with E-state index in [0.29, 0.717) is 12.0 Å². The number of aldehydes is 1. The van der Waals surface area contributed by atoms with Crippen molar-refractivity contribution in [2.24, 2.45) is 0 Å². The van der Waals surface area contributed by atoms with E-state index in [2.05, 4.69) is 0 Å². The molecule has 2 aromatic carbocycles. The molecule has 1 N–H and O–H groups in total. The van der Waals surface area contributed by atoms with Crippen molar-refractivity contribution in [3.05, 3.63) is 65.5 Å². The fourth-order valence-electron chi connectivity index (χ4n) is 1.90. The average Bonchev–Trinajstić information content (AvgIpc) is 2.47. The summed E-state index contributed by atoms with van der Waals surface area (Å²) in [5.41, 5.74) is -1.79. The molecule has 0 aliphatic carbocycles. The average molecular weight is 260 g/mol. The van der Waals surface area contributed by atoms with Crippen LogP contribution in [0.1, 0.15) is 11.1 Å². The van der Waals surface area contributed by atoms with Crippen LogP contribution in [0.4, 0.5) is 4.39 Å². The van der Waals surface area contributed by atoms with Gasteiger partial charge in [-0.2, -0.15) is 0 Å². The van der Waals surface area contributed by atoms with Crippen molar-refractivity contribution in [1.82, 2.24) is 0 Å². The summed E-state index contributed by atoms with van der Waals surface area (Å²) in [6, 6.07) is 11.9. The molecule has 2 rings (SSSR count). The van der Waals surface area contributed by atoms with E-state index in [-0.39, 0.29) is 11.1 Å². The quantitative estimate of drug-likeness (QED) is 0.858. The van der Waals surface area contributed by atoms with E-state index in [0.717, 1.165) is 0 Å². The molecular formula is C15H13FO3. The van der Waals surface area contributed by atoms with Gasteiger partial charge in [-0.05, 0) is 23.8 Å². The third-order valence-corrected chi connectivity index (χ3v) is 2.99. The first-order valence-corrected chi connectivity index (χ1v) is 5.70. The lowest BCUT2D eigenvalue weighted by atomic mass is 9.87. The Morgan fingerprint density at radius 2 is 1.79 bits per heavy atom. The summed E-state index contributed by atoms with van der Waals surface area (Å²) in [5.74, 6) is -0.0431. The summed E-state index contributed by atoms with van der Waals surface area (Å²) in [6.07, 6.45) is 0.327. The third kappa shape index (κ3) is 2.35. The normalized spacial score (nSPS) is 13.6. The fourth-order valence-corrected chi connectivity index (χ4v) is 1.90. The van der Waals surface area contributed by atoms with Gasteiger partial charge in [0.15, 0.2) is 11.9 Å². The minimum Gasteiger partial charge on any atom is -0.497 e. The van der Waals surface area contributed by atoms with Crippen LogP contribution in [0.15, 0.2) is 48.5 Å². The van der Waals surface area contributed by atoms with Crippen molar-refractivity contribution in [1.29, 1.82) is 0 Å². The number of hydrogen-bond donors (Lipinski definition) is 1. The number of carbonyl (C=O) groups is 1. The maximum absolute atomic E-state index is 13.8. The van der Waals surface area contributed by atoms with Crippen molar-refractivity contribution in [3.63, 3.8) is 0 Å². The second-order valence-corrected chi connectivity index (χ2v) is 4.09. The number of ether oxygens (including phenoxy) is 1. The SMILES string of the molecule is COc1ccc(C(O)(C=O)c2ccccc2F)cc1. The van der Waals surface area contributed by atoms with Crippen molar-refractivity contribution in [2.45, 2.75) is 5.60 Å². The summed E-state index contributed by atoms with van der Waals surface area (Å²) >= 11 is 0. The molecule has 19 heavy (non-hydrogen) atoms. The number of benzene rings is 2. The van der Waals surface area contributed by atoms with Gasteiger partial charge in [-0.25, -0.2) is 4.39 Å². The monoisotopic (exact) mass is 260 g/mol. The first kappa shape index (κ1) is 13.2. The zero-order valence-corrected chi connectivity index (χ0v) is 10.3. The lowest BCUT2D eigenvalue weighted by Gasteiger charge is -2.23. The van der Waals surface area contributed by atoms with Crippen LogP contribution in [0.5, 0.6) is 5.75 Å². The molecule has 0 fully saturated rings. The Bertz CT molecular complexity index is 580. The minimum atomic E-state index is -2.00. The molecule has 0 heterocycles. The van der Waals surface area contributed by atoms with Gasteiger partial charge in [0, 0.05) is 5.56 Å². The molecule has 98 valence electrons. The van der Waals surface area contributed by atoms with E-state index < -0.39 is 11.4 Å². The summed E-state index contributed by atoms with van der Waals surface area (Å²) in [6.45, 7) is 0. The number of carbonyl (C=O) groups excluding carboxylic acids is 1. The maximum atomic E-state index is 13.8. The Kier molecular flexibility index (Phi) is 3.62. The predicted molar refractivity (Wildman–Crippen MR) is 68.5 cm³/mol. The summed E-state index contributed by atoms with van der Waals surface area (Å²) in [7, 11) is 1.51. The van der Waals surface area contributed by atoms with Crippen LogP contribution in [0.2, 0.25) is 0 Å². The number of aliphatic hydroxyl groups is 1. The predicted octanol–water partition coefficient (Wildman–Crippen LogP) is 2.27. The molecule has 0 aromatic heterocycles. The molecule has 3 nitrogen and oxygen atoms in total. The van der Waals surface area contributed by atoms with Crippen molar-refractivity contribution in [2.75, 3.05) is 7.11 Å². The highest BCUT2D eigenvalue weighted by Crippen LogP contribution is 2.30. The molecule has 1 atom stereocenters. The van der Waals surface area contributed by atoms with E-state index in [1.165, 1.54) is 37.4 Å². The van der Waals surface area contributed by atoms with Gasteiger partial charge in [-0.3, -0.25) is 4.79 Å². The van der Waals surface area contributed by atoms with Crippen LogP contribution >= 0.6 is 0 Å². The number of hydrogen-bond acceptors (Lipinski definition) is 3. The van der Waals surface area contributed by atoms with Crippen LogP contribution in [0, 0.1) is 5.82 Å². The van der Waals surface area contributed by atoms with Gasteiger partial charge >= 0.3 is 0 Å². The van der Waals surface area contributed by atoms with Crippen molar-refractivity contribution in [3.8, 4) is 5.75 Å². The number of methoxy groups -OCH3 is 1. The van der Waals surface area contributed by atoms with E-state index >= 15 is 0 Å². The van der Waals surface area contributed by atoms with Gasteiger partial charge in [0.2, 0.25) is 0 Å². The Balaban J connectivity index is 2.53. The summed E-state index contributed by atoms with van der Waals surface area (Å²) in [5, 5.41) is 10.5. The second-order valence-electron chi connectivity index (χ2n) is 4.09. The van der Waals surface area contributed by atoms with Gasteiger partial charge in [0.05, 0.1) is 7.11 Å². The van der Waals surface area contributed by atoms with Crippen LogP contribution in [0.25, 0.3) is 0 Å². The molecule has 0 aliphatic rings. The molecular weight excluding hydrogens is 247 g/mol. The van der Waals surface area contributed by atoms with Gasteiger partial charge in [0.1, 0.15) is 11.6 Å². The Morgan fingerprint density at radius 1 is 1.16 bits per heavy atom. The topological polar surface area (TPSA) is 46.5 Å². The zero-order valence-electron chi connectivity index (χ0n) is 10.3. The zero-order chi connectivity index (χ0) is 13.9. The van der Waals surface area contributed by atoms with Gasteiger partial charge in [0.25, 0.3) is 0 Å². The van der Waals surface area contributed by atoms with Crippen molar-refractivity contribution < 1.29 is 19.0 Å². The molecule has 2 aromatic rings. The van der Waals surface area contributed by atoms with Crippen LogP contribution in [-0.2, 0) is 10.4 Å². The molecule has 0 radical (unpaired) electrons. The highest BCUT2D eigenvalue weighted by Gasteiger charge is 2.33. The summed E-state index contributed by atoms with van der Waals surface area (Å²) in [4.78, 5) is 11.3. The molecule has 0 amide bonds. The van der Waals surface area contributed by atoms with Crippen LogP contribution < -0.4 is 4.74 Å². The molecule has 0 spiro atoms. The fraction of sp³-hybridized carbons (Fsp3) is 0.133. The van der Waals surface area contributed by atoms with E-state index in [4.69, 9.17) is 4.74 Å². The Labute approximate surface area is 110 Å². The van der Waals surface area contributed by atoms with E-state index in [1.807, 2.05) is 0 Å². The van der Waals surface area contributed by atoms with Gasteiger partial charge in [-0.15, -0.1) is 0 Å². The number of rotatable bonds is 4. The second kappa shape index (κ2) is 5.20. The molecule has 0 aliphatic heterocycles.